The summed E-state index contributed by atoms with van der Waals surface area (Å²) in [6.45, 7) is 10.8. The van der Waals surface area contributed by atoms with Crippen LogP contribution in [0.25, 0.3) is 11.1 Å². The number of unbranched alkanes of at least 4 members (excludes halogenated alkanes) is 8. The number of oxime groups is 2. The number of aryl methyl sites for hydroxylation is 1. The van der Waals surface area contributed by atoms with E-state index in [2.05, 4.69) is 51.0 Å². The topological polar surface area (TPSA) is 106 Å². The summed E-state index contributed by atoms with van der Waals surface area (Å²) >= 11 is 0. The van der Waals surface area contributed by atoms with Crippen LogP contribution in [0.5, 0.6) is 5.75 Å². The van der Waals surface area contributed by atoms with Crippen LogP contribution in [0.15, 0.2) is 52.8 Å². The van der Waals surface area contributed by atoms with Crippen LogP contribution in [0, 0.1) is 11.8 Å². The van der Waals surface area contributed by atoms with Gasteiger partial charge in [-0.05, 0) is 60.8 Å². The van der Waals surface area contributed by atoms with Crippen LogP contribution in [0.2, 0.25) is 0 Å². The van der Waals surface area contributed by atoms with E-state index >= 15 is 0 Å². The number of aromatic hydroxyl groups is 1. The monoisotopic (exact) mass is 610 g/mol. The first kappa shape index (κ1) is 39.2. The zero-order valence-electron chi connectivity index (χ0n) is 28.3. The molecule has 0 heterocycles. The van der Waals surface area contributed by atoms with Crippen LogP contribution in [0.1, 0.15) is 142 Å². The minimum Gasteiger partial charge on any atom is -0.507 e. The summed E-state index contributed by atoms with van der Waals surface area (Å²) in [6, 6.07) is 13.5. The molecule has 3 unspecified atom stereocenters. The number of hydrogen-bond acceptors (Lipinski definition) is 6. The highest BCUT2D eigenvalue weighted by molar-refractivity contribution is 5.90. The maximum absolute atomic E-state index is 10.5. The van der Waals surface area contributed by atoms with Crippen molar-refractivity contribution in [3.63, 3.8) is 0 Å². The molecule has 0 radical (unpaired) electrons. The van der Waals surface area contributed by atoms with Crippen LogP contribution in [-0.2, 0) is 6.42 Å². The molecule has 3 atom stereocenters. The van der Waals surface area contributed by atoms with E-state index in [0.717, 1.165) is 74.5 Å². The van der Waals surface area contributed by atoms with E-state index in [-0.39, 0.29) is 11.8 Å². The smallest absolute Gasteiger partial charge is 0.123 e. The van der Waals surface area contributed by atoms with Crippen molar-refractivity contribution in [2.24, 2.45) is 22.1 Å². The molecule has 0 saturated carbocycles. The van der Waals surface area contributed by atoms with Gasteiger partial charge in [0.15, 0.2) is 0 Å². The van der Waals surface area contributed by atoms with E-state index in [9.17, 15) is 15.4 Å². The zero-order chi connectivity index (χ0) is 32.6. The Balaban J connectivity index is 0.000000459. The number of benzene rings is 2. The standard InChI is InChI=1S/C22H29NO2.C16H33NO2/c1-2-3-4-5-6-7-8-9-18-12-15-21(22(24)16-18)20-13-10-19(11-14-20)17-23-25;1-5-9-11-13(7-3)15(17-19)16(18)14(8-4)12-10-6-2/h10-17,24-25H,2-9H2,1H3;13-14,16,18-19H,5-12H2,1-4H3/b23-17-;17-15+. The summed E-state index contributed by atoms with van der Waals surface area (Å²) in [4.78, 5) is 0. The molecule has 6 heteroatoms. The quantitative estimate of drug-likeness (QED) is 0.0488. The van der Waals surface area contributed by atoms with Gasteiger partial charge >= 0.3 is 0 Å². The Labute approximate surface area is 268 Å². The molecule has 0 aliphatic rings. The van der Waals surface area contributed by atoms with E-state index in [1.165, 1.54) is 56.7 Å². The maximum Gasteiger partial charge on any atom is 0.123 e. The van der Waals surface area contributed by atoms with Crippen LogP contribution < -0.4 is 0 Å². The van der Waals surface area contributed by atoms with E-state index in [1.807, 2.05) is 36.4 Å². The predicted molar refractivity (Wildman–Crippen MR) is 186 cm³/mol. The Hall–Kier alpha value is -2.86. The van der Waals surface area contributed by atoms with Gasteiger partial charge in [-0.3, -0.25) is 0 Å². The minimum atomic E-state index is -0.580. The first-order chi connectivity index (χ1) is 21.4. The molecule has 2 rings (SSSR count). The van der Waals surface area contributed by atoms with Crippen molar-refractivity contribution in [2.45, 2.75) is 143 Å². The molecule has 0 saturated heterocycles. The van der Waals surface area contributed by atoms with Crippen molar-refractivity contribution in [2.75, 3.05) is 0 Å². The number of phenols is 1. The highest BCUT2D eigenvalue weighted by Crippen LogP contribution is 2.31. The number of rotatable bonds is 21. The van der Waals surface area contributed by atoms with Crippen molar-refractivity contribution in [1.82, 2.24) is 0 Å². The second-order valence-corrected chi connectivity index (χ2v) is 12.1. The van der Waals surface area contributed by atoms with E-state index < -0.39 is 6.10 Å². The van der Waals surface area contributed by atoms with Crippen molar-refractivity contribution < 1.29 is 20.6 Å². The van der Waals surface area contributed by atoms with E-state index in [0.29, 0.717) is 11.5 Å². The molecule has 0 bridgehead atoms. The molecule has 0 fully saturated rings. The summed E-state index contributed by atoms with van der Waals surface area (Å²) in [5, 5.41) is 45.2. The van der Waals surface area contributed by atoms with Crippen LogP contribution in [0.3, 0.4) is 0 Å². The molecule has 2 aromatic carbocycles. The van der Waals surface area contributed by atoms with Gasteiger partial charge in [-0.15, -0.1) is 0 Å². The predicted octanol–water partition coefficient (Wildman–Crippen LogP) is 10.8. The molecule has 248 valence electrons. The molecule has 0 aromatic heterocycles. The third kappa shape index (κ3) is 14.7. The van der Waals surface area contributed by atoms with E-state index in [4.69, 9.17) is 5.21 Å². The number of nitrogens with zero attached hydrogens (tertiary/aromatic N) is 2. The van der Waals surface area contributed by atoms with Crippen molar-refractivity contribution >= 4 is 11.9 Å². The lowest BCUT2D eigenvalue weighted by atomic mass is 9.83. The molecule has 2 aromatic rings. The van der Waals surface area contributed by atoms with Gasteiger partial charge in [0.1, 0.15) is 5.75 Å². The average molecular weight is 611 g/mol. The Kier molecular flexibility index (Phi) is 21.8. The number of aliphatic hydroxyl groups excluding tert-OH is 1. The lowest BCUT2D eigenvalue weighted by molar-refractivity contribution is 0.146. The molecular formula is C38H62N2O4. The highest BCUT2D eigenvalue weighted by atomic mass is 16.4. The molecule has 6 nitrogen and oxygen atoms in total. The Morgan fingerprint density at radius 2 is 1.34 bits per heavy atom. The maximum atomic E-state index is 10.5. The zero-order valence-corrected chi connectivity index (χ0v) is 28.3. The minimum absolute atomic E-state index is 0.218. The normalized spacial score (nSPS) is 13.8. The molecule has 0 aliphatic heterocycles. The fourth-order valence-electron chi connectivity index (χ4n) is 5.77. The fourth-order valence-corrected chi connectivity index (χ4v) is 5.77. The lowest BCUT2D eigenvalue weighted by Gasteiger charge is -2.26. The van der Waals surface area contributed by atoms with Crippen molar-refractivity contribution in [3.8, 4) is 16.9 Å². The highest BCUT2D eigenvalue weighted by Gasteiger charge is 2.28. The molecular weight excluding hydrogens is 548 g/mol. The Morgan fingerprint density at radius 3 is 1.89 bits per heavy atom. The molecule has 0 spiro atoms. The van der Waals surface area contributed by atoms with Gasteiger partial charge < -0.3 is 20.6 Å². The van der Waals surface area contributed by atoms with Crippen LogP contribution in [-0.4, -0.2) is 38.7 Å². The summed E-state index contributed by atoms with van der Waals surface area (Å²) in [5.41, 5.74) is 4.41. The average Bonchev–Trinajstić information content (AvgIpc) is 3.04. The van der Waals surface area contributed by atoms with Crippen molar-refractivity contribution in [3.05, 3.63) is 53.6 Å². The van der Waals surface area contributed by atoms with Gasteiger partial charge in [-0.25, -0.2) is 0 Å². The third-order valence-corrected chi connectivity index (χ3v) is 8.69. The van der Waals surface area contributed by atoms with Gasteiger partial charge in [0.2, 0.25) is 0 Å². The van der Waals surface area contributed by atoms with Crippen LogP contribution in [0.4, 0.5) is 0 Å². The molecule has 4 N–H and O–H groups in total. The third-order valence-electron chi connectivity index (χ3n) is 8.69. The van der Waals surface area contributed by atoms with Gasteiger partial charge in [0.25, 0.3) is 0 Å². The number of phenolic OH excluding ortho intramolecular Hbond substituents is 1. The first-order valence-corrected chi connectivity index (χ1v) is 17.4. The van der Waals surface area contributed by atoms with Crippen LogP contribution >= 0.6 is 0 Å². The molecule has 44 heavy (non-hydrogen) atoms. The largest absolute Gasteiger partial charge is 0.507 e. The SMILES string of the molecule is CCCCC(CC)/C(=N\O)C(O)C(CC)CCCC.CCCCCCCCCc1ccc(-c2ccc(/C=N\O)cc2)c(O)c1. The molecule has 0 aliphatic carbocycles. The number of hydrogen-bond donors (Lipinski definition) is 4. The first-order valence-electron chi connectivity index (χ1n) is 17.4. The van der Waals surface area contributed by atoms with Gasteiger partial charge in [0.05, 0.1) is 18.0 Å². The molecule has 0 amide bonds. The van der Waals surface area contributed by atoms with Gasteiger partial charge in [0, 0.05) is 11.5 Å². The Morgan fingerprint density at radius 1 is 0.727 bits per heavy atom. The van der Waals surface area contributed by atoms with Gasteiger partial charge in [-0.2, -0.15) is 0 Å². The summed E-state index contributed by atoms with van der Waals surface area (Å²) in [6.07, 6.45) is 19.3. The van der Waals surface area contributed by atoms with Crippen molar-refractivity contribution in [1.29, 1.82) is 0 Å². The number of aliphatic hydroxyl groups is 1. The van der Waals surface area contributed by atoms with E-state index in [1.54, 1.807) is 0 Å². The summed E-state index contributed by atoms with van der Waals surface area (Å²) < 4.78 is 0. The van der Waals surface area contributed by atoms with Gasteiger partial charge in [-0.1, -0.05) is 152 Å². The summed E-state index contributed by atoms with van der Waals surface area (Å²) in [7, 11) is 0. The fraction of sp³-hybridized carbons (Fsp3) is 0.632. The Bertz CT molecular complexity index is 1050. The lowest BCUT2D eigenvalue weighted by Crippen LogP contribution is -2.34. The second kappa shape index (κ2) is 24.5. The summed E-state index contributed by atoms with van der Waals surface area (Å²) in [5.74, 6) is 0.765. The second-order valence-electron chi connectivity index (χ2n) is 12.1.